The van der Waals surface area contributed by atoms with E-state index in [-0.39, 0.29) is 17.8 Å². The molecule has 0 fully saturated rings. The van der Waals surface area contributed by atoms with E-state index in [0.717, 1.165) is 23.4 Å². The van der Waals surface area contributed by atoms with Gasteiger partial charge in [-0.2, -0.15) is 5.10 Å². The highest BCUT2D eigenvalue weighted by atomic mass is 35.5. The van der Waals surface area contributed by atoms with Crippen molar-refractivity contribution in [1.82, 2.24) is 10.2 Å². The zero-order valence-electron chi connectivity index (χ0n) is 11.7. The molecule has 3 nitrogen and oxygen atoms in total. The number of nitrogens with two attached hydrogens (primary N) is 1. The minimum atomic E-state index is 0. The standard InChI is InChI=1S/C15H21N3.ClH/c1-15(2,3)14-10-13(17-18-14)12-6-4-11(5-7-12)8-9-16;/h4-7,10H,8-9,16H2,1-3H3,(H,17,18);1H. The van der Waals surface area contributed by atoms with Crippen molar-refractivity contribution in [3.63, 3.8) is 0 Å². The van der Waals surface area contributed by atoms with Crippen LogP contribution in [-0.4, -0.2) is 16.7 Å². The Morgan fingerprint density at radius 2 is 1.79 bits per heavy atom. The van der Waals surface area contributed by atoms with Crippen LogP contribution in [0.15, 0.2) is 30.3 Å². The number of halogens is 1. The summed E-state index contributed by atoms with van der Waals surface area (Å²) in [5.41, 5.74) is 10.2. The Kier molecular flexibility index (Phi) is 5.15. The number of hydrogen-bond acceptors (Lipinski definition) is 2. The van der Waals surface area contributed by atoms with Gasteiger partial charge in [-0.25, -0.2) is 0 Å². The molecule has 104 valence electrons. The van der Waals surface area contributed by atoms with Crippen molar-refractivity contribution in [2.45, 2.75) is 32.6 Å². The number of rotatable bonds is 3. The first-order valence-electron chi connectivity index (χ1n) is 6.36. The molecule has 1 aromatic heterocycles. The summed E-state index contributed by atoms with van der Waals surface area (Å²) in [7, 11) is 0. The predicted octanol–water partition coefficient (Wildman–Crippen LogP) is 3.30. The van der Waals surface area contributed by atoms with E-state index in [4.69, 9.17) is 5.73 Å². The lowest BCUT2D eigenvalue weighted by molar-refractivity contribution is 0.567. The van der Waals surface area contributed by atoms with Gasteiger partial charge in [0.2, 0.25) is 0 Å². The lowest BCUT2D eigenvalue weighted by Gasteiger charge is -2.14. The number of aromatic nitrogens is 2. The second kappa shape index (κ2) is 6.22. The molecule has 0 saturated heterocycles. The second-order valence-corrected chi connectivity index (χ2v) is 5.65. The van der Waals surface area contributed by atoms with Crippen molar-refractivity contribution in [3.05, 3.63) is 41.6 Å². The molecule has 19 heavy (non-hydrogen) atoms. The number of aromatic amines is 1. The molecule has 0 aliphatic rings. The Labute approximate surface area is 121 Å². The van der Waals surface area contributed by atoms with Crippen LogP contribution in [0.1, 0.15) is 32.0 Å². The molecular weight excluding hydrogens is 258 g/mol. The van der Waals surface area contributed by atoms with E-state index >= 15 is 0 Å². The average molecular weight is 280 g/mol. The van der Waals surface area contributed by atoms with Crippen LogP contribution in [0.25, 0.3) is 11.3 Å². The Hall–Kier alpha value is -1.32. The molecule has 2 aromatic rings. The minimum absolute atomic E-state index is 0. The van der Waals surface area contributed by atoms with Crippen molar-refractivity contribution in [2.24, 2.45) is 5.73 Å². The molecule has 2 rings (SSSR count). The Bertz CT molecular complexity index is 509. The third-order valence-corrected chi connectivity index (χ3v) is 3.07. The van der Waals surface area contributed by atoms with Gasteiger partial charge in [0.05, 0.1) is 5.69 Å². The molecule has 1 heterocycles. The molecule has 3 N–H and O–H groups in total. The predicted molar refractivity (Wildman–Crippen MR) is 82.7 cm³/mol. The molecule has 0 bridgehead atoms. The Balaban J connectivity index is 0.00000180. The van der Waals surface area contributed by atoms with Crippen LogP contribution in [0, 0.1) is 0 Å². The minimum Gasteiger partial charge on any atom is -0.330 e. The molecule has 0 aliphatic carbocycles. The van der Waals surface area contributed by atoms with E-state index in [9.17, 15) is 0 Å². The molecule has 0 unspecified atom stereocenters. The van der Waals surface area contributed by atoms with Gasteiger partial charge < -0.3 is 5.73 Å². The summed E-state index contributed by atoms with van der Waals surface area (Å²) in [5.74, 6) is 0. The molecule has 0 radical (unpaired) electrons. The lowest BCUT2D eigenvalue weighted by Crippen LogP contribution is -2.11. The van der Waals surface area contributed by atoms with Crippen molar-refractivity contribution in [1.29, 1.82) is 0 Å². The maximum absolute atomic E-state index is 5.54. The smallest absolute Gasteiger partial charge is 0.0923 e. The molecular formula is C15H22ClN3. The van der Waals surface area contributed by atoms with Crippen LogP contribution in [0.3, 0.4) is 0 Å². The van der Waals surface area contributed by atoms with Gasteiger partial charge in [-0.15, -0.1) is 12.4 Å². The van der Waals surface area contributed by atoms with Crippen LogP contribution in [0.4, 0.5) is 0 Å². The number of H-pyrrole nitrogens is 1. The fourth-order valence-electron chi connectivity index (χ4n) is 1.86. The normalized spacial score (nSPS) is 11.2. The van der Waals surface area contributed by atoms with E-state index in [1.54, 1.807) is 0 Å². The van der Waals surface area contributed by atoms with E-state index in [0.29, 0.717) is 6.54 Å². The summed E-state index contributed by atoms with van der Waals surface area (Å²) in [5, 5.41) is 7.49. The van der Waals surface area contributed by atoms with E-state index in [1.165, 1.54) is 5.56 Å². The summed E-state index contributed by atoms with van der Waals surface area (Å²) >= 11 is 0. The van der Waals surface area contributed by atoms with Gasteiger partial charge in [0, 0.05) is 16.7 Å². The van der Waals surface area contributed by atoms with Crippen molar-refractivity contribution < 1.29 is 0 Å². The second-order valence-electron chi connectivity index (χ2n) is 5.65. The van der Waals surface area contributed by atoms with Gasteiger partial charge >= 0.3 is 0 Å². The fraction of sp³-hybridized carbons (Fsp3) is 0.400. The maximum atomic E-state index is 5.54. The highest BCUT2D eigenvalue weighted by Crippen LogP contribution is 2.25. The molecule has 0 spiro atoms. The Morgan fingerprint density at radius 3 is 2.26 bits per heavy atom. The summed E-state index contributed by atoms with van der Waals surface area (Å²) in [6, 6.07) is 10.6. The van der Waals surface area contributed by atoms with E-state index in [1.807, 2.05) is 0 Å². The van der Waals surface area contributed by atoms with Gasteiger partial charge in [0.15, 0.2) is 0 Å². The molecule has 0 amide bonds. The molecule has 0 aliphatic heterocycles. The monoisotopic (exact) mass is 279 g/mol. The lowest BCUT2D eigenvalue weighted by atomic mass is 9.92. The highest BCUT2D eigenvalue weighted by molar-refractivity contribution is 5.85. The van der Waals surface area contributed by atoms with Crippen LogP contribution < -0.4 is 5.73 Å². The molecule has 1 aromatic carbocycles. The van der Waals surface area contributed by atoms with E-state index in [2.05, 4.69) is 61.3 Å². The topological polar surface area (TPSA) is 54.7 Å². The maximum Gasteiger partial charge on any atom is 0.0923 e. The molecule has 4 heteroatoms. The van der Waals surface area contributed by atoms with Crippen LogP contribution in [0.2, 0.25) is 0 Å². The van der Waals surface area contributed by atoms with Crippen molar-refractivity contribution >= 4 is 12.4 Å². The van der Waals surface area contributed by atoms with Crippen LogP contribution in [0.5, 0.6) is 0 Å². The largest absolute Gasteiger partial charge is 0.330 e. The Morgan fingerprint density at radius 1 is 1.16 bits per heavy atom. The third-order valence-electron chi connectivity index (χ3n) is 3.07. The zero-order chi connectivity index (χ0) is 13.2. The third kappa shape index (κ3) is 3.82. The van der Waals surface area contributed by atoms with Crippen LogP contribution >= 0.6 is 12.4 Å². The number of hydrogen-bond donors (Lipinski definition) is 2. The van der Waals surface area contributed by atoms with Crippen molar-refractivity contribution in [3.8, 4) is 11.3 Å². The molecule has 0 atom stereocenters. The first-order valence-corrected chi connectivity index (χ1v) is 6.36. The van der Waals surface area contributed by atoms with Gasteiger partial charge in [0.25, 0.3) is 0 Å². The highest BCUT2D eigenvalue weighted by Gasteiger charge is 2.16. The summed E-state index contributed by atoms with van der Waals surface area (Å²) in [4.78, 5) is 0. The molecule has 0 saturated carbocycles. The van der Waals surface area contributed by atoms with Gasteiger partial charge in [-0.3, -0.25) is 5.10 Å². The average Bonchev–Trinajstić information content (AvgIpc) is 2.79. The summed E-state index contributed by atoms with van der Waals surface area (Å²) in [6.07, 6.45) is 0.925. The number of benzene rings is 1. The van der Waals surface area contributed by atoms with E-state index < -0.39 is 0 Å². The summed E-state index contributed by atoms with van der Waals surface area (Å²) in [6.45, 7) is 7.22. The zero-order valence-corrected chi connectivity index (χ0v) is 12.6. The summed E-state index contributed by atoms with van der Waals surface area (Å²) < 4.78 is 0. The SMILES string of the molecule is CC(C)(C)c1cc(-c2ccc(CCN)cc2)n[nH]1.Cl. The fourth-order valence-corrected chi connectivity index (χ4v) is 1.86. The first-order chi connectivity index (χ1) is 8.50. The quantitative estimate of drug-likeness (QED) is 0.906. The first kappa shape index (κ1) is 15.7. The van der Waals surface area contributed by atoms with Gasteiger partial charge in [-0.05, 0) is 24.6 Å². The van der Waals surface area contributed by atoms with Crippen LogP contribution in [-0.2, 0) is 11.8 Å². The van der Waals surface area contributed by atoms with Gasteiger partial charge in [0.1, 0.15) is 0 Å². The number of nitrogens with zero attached hydrogens (tertiary/aromatic N) is 1. The van der Waals surface area contributed by atoms with Crippen molar-refractivity contribution in [2.75, 3.05) is 6.54 Å². The number of nitrogens with one attached hydrogen (secondary N) is 1. The van der Waals surface area contributed by atoms with Gasteiger partial charge in [-0.1, -0.05) is 45.0 Å².